The summed E-state index contributed by atoms with van der Waals surface area (Å²) in [5.74, 6) is 3.21. The number of benzene rings is 2. The van der Waals surface area contributed by atoms with Gasteiger partial charge in [0.1, 0.15) is 11.5 Å². The lowest BCUT2D eigenvalue weighted by atomic mass is 10.1. The van der Waals surface area contributed by atoms with E-state index < -0.39 is 0 Å². The van der Waals surface area contributed by atoms with E-state index in [0.717, 1.165) is 42.0 Å². The number of ether oxygens (including phenoxy) is 1. The number of aromatic nitrogens is 2. The molecule has 5 rings (SSSR count). The zero-order valence-corrected chi connectivity index (χ0v) is 17.7. The Labute approximate surface area is 182 Å². The normalized spacial score (nSPS) is 16.3. The molecule has 1 saturated carbocycles. The van der Waals surface area contributed by atoms with E-state index in [2.05, 4.69) is 27.2 Å². The minimum absolute atomic E-state index is 0.0509. The van der Waals surface area contributed by atoms with Gasteiger partial charge in [0.2, 0.25) is 0 Å². The lowest BCUT2D eigenvalue weighted by Crippen LogP contribution is -2.49. The monoisotopic (exact) mass is 414 g/mol. The predicted molar refractivity (Wildman–Crippen MR) is 120 cm³/mol. The Balaban J connectivity index is 1.17. The lowest BCUT2D eigenvalue weighted by molar-refractivity contribution is 0.0746. The Morgan fingerprint density at radius 1 is 0.839 bits per heavy atom. The van der Waals surface area contributed by atoms with E-state index in [-0.39, 0.29) is 5.91 Å². The number of nitrogens with zero attached hydrogens (tertiary/aromatic N) is 4. The number of hydrogen-bond acceptors (Lipinski definition) is 5. The molecule has 2 aromatic carbocycles. The topological polar surface area (TPSA) is 58.6 Å². The van der Waals surface area contributed by atoms with Crippen LogP contribution in [-0.2, 0) is 0 Å². The van der Waals surface area contributed by atoms with Gasteiger partial charge in [-0.25, -0.2) is 0 Å². The second-order valence-electron chi connectivity index (χ2n) is 8.28. The van der Waals surface area contributed by atoms with Gasteiger partial charge in [0.25, 0.3) is 5.91 Å². The van der Waals surface area contributed by atoms with Gasteiger partial charge >= 0.3 is 0 Å². The maximum Gasteiger partial charge on any atom is 0.253 e. The Morgan fingerprint density at radius 3 is 2.06 bits per heavy atom. The molecule has 6 heteroatoms. The number of amides is 1. The molecule has 2 aliphatic rings. The molecule has 1 aromatic heterocycles. The van der Waals surface area contributed by atoms with Gasteiger partial charge in [-0.15, -0.1) is 5.10 Å². The van der Waals surface area contributed by atoms with Crippen LogP contribution >= 0.6 is 0 Å². The Hall–Kier alpha value is -3.41. The van der Waals surface area contributed by atoms with E-state index in [1.807, 2.05) is 60.4 Å². The summed E-state index contributed by atoms with van der Waals surface area (Å²) < 4.78 is 5.94. The van der Waals surface area contributed by atoms with Crippen LogP contribution in [0.5, 0.6) is 11.5 Å². The first kappa shape index (κ1) is 19.5. The molecule has 0 atom stereocenters. The van der Waals surface area contributed by atoms with Gasteiger partial charge in [0.05, 0.1) is 5.69 Å². The first-order chi connectivity index (χ1) is 15.2. The number of rotatable bonds is 5. The quantitative estimate of drug-likeness (QED) is 0.619. The third kappa shape index (κ3) is 4.53. The van der Waals surface area contributed by atoms with Gasteiger partial charge in [0.15, 0.2) is 5.82 Å². The van der Waals surface area contributed by atoms with E-state index in [1.54, 1.807) is 0 Å². The van der Waals surface area contributed by atoms with Crippen molar-refractivity contribution in [1.82, 2.24) is 15.1 Å². The number of piperazine rings is 1. The molecule has 1 aliphatic heterocycles. The summed E-state index contributed by atoms with van der Waals surface area (Å²) in [6, 6.07) is 19.7. The van der Waals surface area contributed by atoms with Crippen LogP contribution in [-0.4, -0.2) is 47.2 Å². The van der Waals surface area contributed by atoms with Gasteiger partial charge in [-0.1, -0.05) is 12.1 Å². The van der Waals surface area contributed by atoms with Crippen molar-refractivity contribution < 1.29 is 9.53 Å². The average molecular weight is 415 g/mol. The molecule has 31 heavy (non-hydrogen) atoms. The molecule has 2 heterocycles. The molecule has 1 aliphatic carbocycles. The van der Waals surface area contributed by atoms with Crippen LogP contribution < -0.4 is 9.64 Å². The van der Waals surface area contributed by atoms with E-state index in [4.69, 9.17) is 4.74 Å². The molecule has 0 spiro atoms. The Morgan fingerprint density at radius 2 is 1.48 bits per heavy atom. The van der Waals surface area contributed by atoms with Crippen molar-refractivity contribution in [1.29, 1.82) is 0 Å². The fraction of sp³-hybridized carbons (Fsp3) is 0.320. The van der Waals surface area contributed by atoms with Crippen LogP contribution in [0.15, 0.2) is 60.7 Å². The smallest absolute Gasteiger partial charge is 0.253 e. The molecule has 1 saturated heterocycles. The Kier molecular flexibility index (Phi) is 5.28. The molecule has 2 fully saturated rings. The van der Waals surface area contributed by atoms with Crippen molar-refractivity contribution in [2.24, 2.45) is 0 Å². The number of anilines is 1. The zero-order chi connectivity index (χ0) is 21.2. The first-order valence-electron chi connectivity index (χ1n) is 10.9. The van der Waals surface area contributed by atoms with Gasteiger partial charge in [0, 0.05) is 31.7 Å². The SMILES string of the molecule is Cc1ccc(N2CCN(C(=O)c3ccc(Oc4ccc(C5CC5)cc4)cc3)CC2)nn1. The van der Waals surface area contributed by atoms with Crippen molar-refractivity contribution in [3.63, 3.8) is 0 Å². The standard InChI is InChI=1S/C25H26N4O2/c1-18-2-13-24(27-26-18)28-14-16-29(17-15-28)25(30)21-7-11-23(12-8-21)31-22-9-5-20(6-10-22)19-3-4-19/h2,5-13,19H,3-4,14-17H2,1H3. The van der Waals surface area contributed by atoms with Crippen molar-refractivity contribution in [3.05, 3.63) is 77.5 Å². The second kappa shape index (κ2) is 8.38. The molecule has 0 radical (unpaired) electrons. The van der Waals surface area contributed by atoms with Crippen LogP contribution in [0.1, 0.15) is 40.4 Å². The molecule has 0 unspecified atom stereocenters. The average Bonchev–Trinajstić information content (AvgIpc) is 3.66. The number of carbonyl (C=O) groups is 1. The molecule has 6 nitrogen and oxygen atoms in total. The highest BCUT2D eigenvalue weighted by atomic mass is 16.5. The highest BCUT2D eigenvalue weighted by Crippen LogP contribution is 2.40. The molecule has 3 aromatic rings. The van der Waals surface area contributed by atoms with Crippen molar-refractivity contribution in [3.8, 4) is 11.5 Å². The lowest BCUT2D eigenvalue weighted by Gasteiger charge is -2.35. The summed E-state index contributed by atoms with van der Waals surface area (Å²) in [5.41, 5.74) is 2.98. The largest absolute Gasteiger partial charge is 0.457 e. The third-order valence-electron chi connectivity index (χ3n) is 5.94. The highest BCUT2D eigenvalue weighted by Gasteiger charge is 2.24. The van der Waals surface area contributed by atoms with E-state index in [1.165, 1.54) is 18.4 Å². The maximum absolute atomic E-state index is 12.9. The van der Waals surface area contributed by atoms with Crippen molar-refractivity contribution in [2.75, 3.05) is 31.1 Å². The van der Waals surface area contributed by atoms with Gasteiger partial charge in [-0.05, 0) is 79.8 Å². The fourth-order valence-corrected chi connectivity index (χ4v) is 3.91. The van der Waals surface area contributed by atoms with Crippen LogP contribution in [0.2, 0.25) is 0 Å². The second-order valence-corrected chi connectivity index (χ2v) is 8.28. The fourth-order valence-electron chi connectivity index (χ4n) is 3.91. The molecule has 0 bridgehead atoms. The summed E-state index contributed by atoms with van der Waals surface area (Å²) in [7, 11) is 0. The number of carbonyl (C=O) groups excluding carboxylic acids is 1. The molecular formula is C25H26N4O2. The molecular weight excluding hydrogens is 388 g/mol. The zero-order valence-electron chi connectivity index (χ0n) is 17.7. The van der Waals surface area contributed by atoms with Crippen LogP contribution in [0.3, 0.4) is 0 Å². The van der Waals surface area contributed by atoms with E-state index in [0.29, 0.717) is 18.7 Å². The minimum Gasteiger partial charge on any atom is -0.457 e. The predicted octanol–water partition coefficient (Wildman–Crippen LogP) is 4.42. The number of aryl methyl sites for hydroxylation is 1. The summed E-state index contributed by atoms with van der Waals surface area (Å²) in [6.45, 7) is 4.76. The van der Waals surface area contributed by atoms with E-state index in [9.17, 15) is 4.79 Å². The van der Waals surface area contributed by atoms with Gasteiger partial charge in [-0.3, -0.25) is 4.79 Å². The summed E-state index contributed by atoms with van der Waals surface area (Å²) in [4.78, 5) is 17.0. The molecule has 158 valence electrons. The van der Waals surface area contributed by atoms with Crippen LogP contribution in [0.4, 0.5) is 5.82 Å². The third-order valence-corrected chi connectivity index (χ3v) is 5.94. The summed E-state index contributed by atoms with van der Waals surface area (Å²) in [6.07, 6.45) is 2.59. The molecule has 0 N–H and O–H groups in total. The van der Waals surface area contributed by atoms with Gasteiger partial charge in [-0.2, -0.15) is 5.10 Å². The first-order valence-corrected chi connectivity index (χ1v) is 10.9. The van der Waals surface area contributed by atoms with Gasteiger partial charge < -0.3 is 14.5 Å². The molecule has 1 amide bonds. The van der Waals surface area contributed by atoms with Crippen LogP contribution in [0.25, 0.3) is 0 Å². The maximum atomic E-state index is 12.9. The van der Waals surface area contributed by atoms with Crippen molar-refractivity contribution >= 4 is 11.7 Å². The summed E-state index contributed by atoms with van der Waals surface area (Å²) >= 11 is 0. The van der Waals surface area contributed by atoms with Crippen LogP contribution in [0, 0.1) is 6.92 Å². The summed E-state index contributed by atoms with van der Waals surface area (Å²) in [5, 5.41) is 8.37. The highest BCUT2D eigenvalue weighted by molar-refractivity contribution is 5.94. The Bertz CT molecular complexity index is 1040. The number of hydrogen-bond donors (Lipinski definition) is 0. The minimum atomic E-state index is 0.0509. The van der Waals surface area contributed by atoms with Crippen molar-refractivity contribution in [2.45, 2.75) is 25.7 Å². The van der Waals surface area contributed by atoms with E-state index >= 15 is 0 Å².